The molecule has 0 atom stereocenters. The quantitative estimate of drug-likeness (QED) is 0.895. The van der Waals surface area contributed by atoms with Gasteiger partial charge in [0.25, 0.3) is 0 Å². The van der Waals surface area contributed by atoms with Crippen LogP contribution in [0.1, 0.15) is 31.7 Å². The lowest BCUT2D eigenvalue weighted by molar-refractivity contribution is -0.152. The summed E-state index contributed by atoms with van der Waals surface area (Å²) >= 11 is 0. The normalized spacial score (nSPS) is 19.2. The Bertz CT molecular complexity index is 459. The maximum absolute atomic E-state index is 11.4. The van der Waals surface area contributed by atoms with Crippen LogP contribution in [0.2, 0.25) is 0 Å². The highest BCUT2D eigenvalue weighted by atomic mass is 16.4. The number of carboxylic acids is 1. The molecule has 1 aromatic carbocycles. The standard InChI is InChI=1S/C17H23NO2/c1-2-17(16(19)20)10-13-18(14-11-17)12-6-9-15-7-4-3-5-8-15/h3-9H,2,10-14H2,1H3,(H,19,20). The van der Waals surface area contributed by atoms with E-state index in [2.05, 4.69) is 29.2 Å². The van der Waals surface area contributed by atoms with Gasteiger partial charge in [-0.05, 0) is 37.9 Å². The van der Waals surface area contributed by atoms with Crippen LogP contribution in [0.25, 0.3) is 6.08 Å². The van der Waals surface area contributed by atoms with Crippen LogP contribution in [0.3, 0.4) is 0 Å². The second kappa shape index (κ2) is 6.71. The Morgan fingerprint density at radius 3 is 2.50 bits per heavy atom. The third-order valence-corrected chi connectivity index (χ3v) is 4.42. The van der Waals surface area contributed by atoms with E-state index in [1.165, 1.54) is 5.56 Å². The van der Waals surface area contributed by atoms with Crippen molar-refractivity contribution in [2.24, 2.45) is 5.41 Å². The summed E-state index contributed by atoms with van der Waals surface area (Å²) in [6, 6.07) is 10.2. The Morgan fingerprint density at radius 1 is 1.30 bits per heavy atom. The van der Waals surface area contributed by atoms with E-state index < -0.39 is 11.4 Å². The molecule has 1 aliphatic heterocycles. The lowest BCUT2D eigenvalue weighted by Gasteiger charge is -2.37. The molecule has 0 spiro atoms. The van der Waals surface area contributed by atoms with Crippen molar-refractivity contribution in [3.8, 4) is 0 Å². The summed E-state index contributed by atoms with van der Waals surface area (Å²) in [5.41, 5.74) is 0.720. The van der Waals surface area contributed by atoms with Gasteiger partial charge in [-0.1, -0.05) is 49.4 Å². The Kier molecular flexibility index (Phi) is 4.96. The topological polar surface area (TPSA) is 40.5 Å². The Hall–Kier alpha value is -1.61. The molecule has 2 rings (SSSR count). The molecular weight excluding hydrogens is 250 g/mol. The summed E-state index contributed by atoms with van der Waals surface area (Å²) in [7, 11) is 0. The molecule has 3 heteroatoms. The number of rotatable bonds is 5. The van der Waals surface area contributed by atoms with E-state index >= 15 is 0 Å². The predicted octanol–water partition coefficient (Wildman–Crippen LogP) is 3.28. The van der Waals surface area contributed by atoms with Gasteiger partial charge in [-0.3, -0.25) is 9.69 Å². The van der Waals surface area contributed by atoms with E-state index in [4.69, 9.17) is 0 Å². The summed E-state index contributed by atoms with van der Waals surface area (Å²) in [4.78, 5) is 13.7. The first kappa shape index (κ1) is 14.8. The van der Waals surface area contributed by atoms with Crippen molar-refractivity contribution in [2.75, 3.05) is 19.6 Å². The summed E-state index contributed by atoms with van der Waals surface area (Å²) in [5, 5.41) is 9.37. The minimum atomic E-state index is -0.625. The van der Waals surface area contributed by atoms with Crippen molar-refractivity contribution < 1.29 is 9.90 Å². The SMILES string of the molecule is CCC1(C(=O)O)CCN(CC=Cc2ccccc2)CC1. The van der Waals surface area contributed by atoms with Gasteiger partial charge in [-0.25, -0.2) is 0 Å². The highest BCUT2D eigenvalue weighted by Crippen LogP contribution is 2.34. The molecule has 20 heavy (non-hydrogen) atoms. The second-order valence-corrected chi connectivity index (χ2v) is 5.55. The van der Waals surface area contributed by atoms with Crippen LogP contribution >= 0.6 is 0 Å². The minimum absolute atomic E-state index is 0.486. The average Bonchev–Trinajstić information content (AvgIpc) is 2.49. The fraction of sp³-hybridized carbons (Fsp3) is 0.471. The molecule has 0 aliphatic carbocycles. The van der Waals surface area contributed by atoms with Gasteiger partial charge in [0.05, 0.1) is 5.41 Å². The fourth-order valence-electron chi connectivity index (χ4n) is 2.78. The summed E-state index contributed by atoms with van der Waals surface area (Å²) < 4.78 is 0. The monoisotopic (exact) mass is 273 g/mol. The third kappa shape index (κ3) is 3.48. The lowest BCUT2D eigenvalue weighted by Crippen LogP contribution is -2.44. The molecule has 1 aliphatic rings. The van der Waals surface area contributed by atoms with Gasteiger partial charge in [-0.15, -0.1) is 0 Å². The summed E-state index contributed by atoms with van der Waals surface area (Å²) in [6.07, 6.45) is 6.54. The Morgan fingerprint density at radius 2 is 1.95 bits per heavy atom. The van der Waals surface area contributed by atoms with E-state index in [0.29, 0.717) is 0 Å². The molecule has 1 N–H and O–H groups in total. The van der Waals surface area contributed by atoms with Gasteiger partial charge < -0.3 is 5.11 Å². The van der Waals surface area contributed by atoms with Crippen LogP contribution in [0, 0.1) is 5.41 Å². The van der Waals surface area contributed by atoms with E-state index in [9.17, 15) is 9.90 Å². The van der Waals surface area contributed by atoms with Crippen LogP contribution in [0.15, 0.2) is 36.4 Å². The number of carboxylic acid groups (broad SMARTS) is 1. The summed E-state index contributed by atoms with van der Waals surface area (Å²) in [5.74, 6) is -0.625. The molecule has 3 nitrogen and oxygen atoms in total. The second-order valence-electron chi connectivity index (χ2n) is 5.55. The van der Waals surface area contributed by atoms with Crippen molar-refractivity contribution in [3.63, 3.8) is 0 Å². The summed E-state index contributed by atoms with van der Waals surface area (Å²) in [6.45, 7) is 4.63. The van der Waals surface area contributed by atoms with Gasteiger partial charge in [0.15, 0.2) is 0 Å². The first-order chi connectivity index (χ1) is 9.66. The van der Waals surface area contributed by atoms with Crippen LogP contribution in [0.5, 0.6) is 0 Å². The number of likely N-dealkylation sites (tertiary alicyclic amines) is 1. The average molecular weight is 273 g/mol. The molecule has 0 aromatic heterocycles. The Balaban J connectivity index is 1.83. The fourth-order valence-corrected chi connectivity index (χ4v) is 2.78. The number of nitrogens with zero attached hydrogens (tertiary/aromatic N) is 1. The van der Waals surface area contributed by atoms with Crippen LogP contribution in [-0.2, 0) is 4.79 Å². The lowest BCUT2D eigenvalue weighted by atomic mass is 9.76. The van der Waals surface area contributed by atoms with Crippen molar-refractivity contribution in [1.29, 1.82) is 0 Å². The van der Waals surface area contributed by atoms with Crippen molar-refractivity contribution in [2.45, 2.75) is 26.2 Å². The number of hydrogen-bond acceptors (Lipinski definition) is 2. The van der Waals surface area contributed by atoms with Crippen LogP contribution in [-0.4, -0.2) is 35.6 Å². The van der Waals surface area contributed by atoms with Gasteiger partial charge >= 0.3 is 5.97 Å². The molecule has 1 aromatic rings. The van der Waals surface area contributed by atoms with Crippen molar-refractivity contribution in [1.82, 2.24) is 4.90 Å². The molecule has 0 saturated carbocycles. The van der Waals surface area contributed by atoms with E-state index in [-0.39, 0.29) is 0 Å². The molecule has 108 valence electrons. The number of carbonyl (C=O) groups is 1. The first-order valence-electron chi connectivity index (χ1n) is 7.34. The smallest absolute Gasteiger partial charge is 0.309 e. The zero-order valence-corrected chi connectivity index (χ0v) is 12.1. The number of piperidine rings is 1. The van der Waals surface area contributed by atoms with Crippen LogP contribution < -0.4 is 0 Å². The number of benzene rings is 1. The highest BCUT2D eigenvalue weighted by molar-refractivity contribution is 5.74. The number of aliphatic carboxylic acids is 1. The molecule has 0 bridgehead atoms. The molecule has 0 radical (unpaired) electrons. The maximum atomic E-state index is 11.4. The highest BCUT2D eigenvalue weighted by Gasteiger charge is 2.39. The number of hydrogen-bond donors (Lipinski definition) is 1. The maximum Gasteiger partial charge on any atom is 0.309 e. The molecule has 1 fully saturated rings. The minimum Gasteiger partial charge on any atom is -0.481 e. The van der Waals surface area contributed by atoms with Crippen LogP contribution in [0.4, 0.5) is 0 Å². The molecule has 0 amide bonds. The molecular formula is C17H23NO2. The zero-order chi connectivity index (χ0) is 14.4. The van der Waals surface area contributed by atoms with E-state index in [1.807, 2.05) is 25.1 Å². The molecule has 1 saturated heterocycles. The van der Waals surface area contributed by atoms with Gasteiger partial charge in [-0.2, -0.15) is 0 Å². The predicted molar refractivity (Wildman–Crippen MR) is 81.5 cm³/mol. The van der Waals surface area contributed by atoms with Crippen molar-refractivity contribution in [3.05, 3.63) is 42.0 Å². The van der Waals surface area contributed by atoms with Gasteiger partial charge in [0.1, 0.15) is 0 Å². The Labute approximate surface area is 120 Å². The molecule has 0 unspecified atom stereocenters. The van der Waals surface area contributed by atoms with Gasteiger partial charge in [0.2, 0.25) is 0 Å². The molecule has 1 heterocycles. The zero-order valence-electron chi connectivity index (χ0n) is 12.1. The largest absolute Gasteiger partial charge is 0.481 e. The van der Waals surface area contributed by atoms with E-state index in [0.717, 1.165) is 38.9 Å². The third-order valence-electron chi connectivity index (χ3n) is 4.42. The van der Waals surface area contributed by atoms with E-state index in [1.54, 1.807) is 0 Å². The van der Waals surface area contributed by atoms with Crippen molar-refractivity contribution >= 4 is 12.0 Å². The first-order valence-corrected chi connectivity index (χ1v) is 7.34. The van der Waals surface area contributed by atoms with Gasteiger partial charge in [0, 0.05) is 6.54 Å².